The van der Waals surface area contributed by atoms with Crippen LogP contribution in [0.2, 0.25) is 0 Å². The van der Waals surface area contributed by atoms with E-state index in [9.17, 15) is 4.79 Å². The maximum absolute atomic E-state index is 12.3. The van der Waals surface area contributed by atoms with Crippen LogP contribution in [0.15, 0.2) is 24.3 Å². The van der Waals surface area contributed by atoms with Crippen LogP contribution in [0.25, 0.3) is 0 Å². The Kier molecular flexibility index (Phi) is 5.37. The van der Waals surface area contributed by atoms with Crippen LogP contribution in [0.5, 0.6) is 0 Å². The maximum Gasteiger partial charge on any atom is 0.238 e. The van der Waals surface area contributed by atoms with Gasteiger partial charge < -0.3 is 9.80 Å². The molecule has 21 heavy (non-hydrogen) atoms. The first-order chi connectivity index (χ1) is 10.1. The maximum atomic E-state index is 12.3. The fourth-order valence-electron chi connectivity index (χ4n) is 3.11. The second-order valence-electron chi connectivity index (χ2n) is 5.78. The SMILES string of the molecule is CCN(CC)CC(C)N1C(=O)CNC1c1ccccc1C. The number of nitrogens with one attached hydrogen (secondary N) is 1. The van der Waals surface area contributed by atoms with Crippen LogP contribution in [0.3, 0.4) is 0 Å². The molecule has 4 nitrogen and oxygen atoms in total. The Balaban J connectivity index is 2.19. The lowest BCUT2D eigenvalue weighted by Gasteiger charge is -2.34. The minimum Gasteiger partial charge on any atom is -0.318 e. The van der Waals surface area contributed by atoms with Crippen LogP contribution in [0.4, 0.5) is 0 Å². The van der Waals surface area contributed by atoms with E-state index in [0.717, 1.165) is 19.6 Å². The van der Waals surface area contributed by atoms with E-state index >= 15 is 0 Å². The van der Waals surface area contributed by atoms with Crippen LogP contribution in [-0.4, -0.2) is 47.9 Å². The first kappa shape index (κ1) is 16.0. The summed E-state index contributed by atoms with van der Waals surface area (Å²) < 4.78 is 0. The normalized spacial score (nSPS) is 20.3. The molecular weight excluding hydrogens is 262 g/mol. The first-order valence-corrected chi connectivity index (χ1v) is 7.90. The number of hydrogen-bond acceptors (Lipinski definition) is 3. The van der Waals surface area contributed by atoms with E-state index in [2.05, 4.69) is 50.0 Å². The number of rotatable bonds is 6. The number of benzene rings is 1. The number of amides is 1. The van der Waals surface area contributed by atoms with E-state index in [4.69, 9.17) is 0 Å². The predicted octanol–water partition coefficient (Wildman–Crippen LogP) is 2.16. The minimum atomic E-state index is 0.00395. The van der Waals surface area contributed by atoms with Gasteiger partial charge >= 0.3 is 0 Å². The fraction of sp³-hybridized carbons (Fsp3) is 0.588. The lowest BCUT2D eigenvalue weighted by Crippen LogP contribution is -2.45. The number of carbonyl (C=O) groups excluding carboxylic acids is 1. The molecule has 1 saturated heterocycles. The summed E-state index contributed by atoms with van der Waals surface area (Å²) in [5.41, 5.74) is 2.43. The number of likely N-dealkylation sites (N-methyl/N-ethyl adjacent to an activating group) is 1. The van der Waals surface area contributed by atoms with Gasteiger partial charge in [0.15, 0.2) is 0 Å². The van der Waals surface area contributed by atoms with Gasteiger partial charge in [0, 0.05) is 12.6 Å². The average Bonchev–Trinajstić information content (AvgIpc) is 2.86. The highest BCUT2D eigenvalue weighted by molar-refractivity contribution is 5.81. The second-order valence-corrected chi connectivity index (χ2v) is 5.78. The Bertz CT molecular complexity index is 485. The predicted molar refractivity (Wildman–Crippen MR) is 86.0 cm³/mol. The van der Waals surface area contributed by atoms with Crippen LogP contribution in [0, 0.1) is 6.92 Å². The molecule has 1 heterocycles. The molecule has 1 fully saturated rings. The lowest BCUT2D eigenvalue weighted by atomic mass is 10.0. The van der Waals surface area contributed by atoms with E-state index in [1.165, 1.54) is 11.1 Å². The zero-order chi connectivity index (χ0) is 15.4. The molecule has 1 aliphatic rings. The summed E-state index contributed by atoms with van der Waals surface area (Å²) in [6, 6.07) is 8.51. The molecule has 0 bridgehead atoms. The summed E-state index contributed by atoms with van der Waals surface area (Å²) >= 11 is 0. The highest BCUT2D eigenvalue weighted by atomic mass is 16.2. The van der Waals surface area contributed by atoms with Crippen molar-refractivity contribution in [2.24, 2.45) is 0 Å². The van der Waals surface area contributed by atoms with Crippen molar-refractivity contribution in [1.29, 1.82) is 0 Å². The topological polar surface area (TPSA) is 35.6 Å². The highest BCUT2D eigenvalue weighted by Crippen LogP contribution is 2.27. The van der Waals surface area contributed by atoms with E-state index < -0.39 is 0 Å². The molecule has 1 aliphatic heterocycles. The summed E-state index contributed by atoms with van der Waals surface area (Å²) in [6.45, 7) is 12.0. The smallest absolute Gasteiger partial charge is 0.238 e. The summed E-state index contributed by atoms with van der Waals surface area (Å²) in [6.07, 6.45) is 0.00395. The van der Waals surface area contributed by atoms with Crippen LogP contribution >= 0.6 is 0 Å². The van der Waals surface area contributed by atoms with Crippen molar-refractivity contribution in [2.45, 2.75) is 39.9 Å². The van der Waals surface area contributed by atoms with Crippen molar-refractivity contribution in [3.63, 3.8) is 0 Å². The molecule has 0 spiro atoms. The average molecular weight is 289 g/mol. The quantitative estimate of drug-likeness (QED) is 0.871. The zero-order valence-corrected chi connectivity index (χ0v) is 13.6. The van der Waals surface area contributed by atoms with Gasteiger partial charge in [0.2, 0.25) is 5.91 Å². The van der Waals surface area contributed by atoms with Gasteiger partial charge in [0.25, 0.3) is 0 Å². The van der Waals surface area contributed by atoms with Crippen molar-refractivity contribution in [1.82, 2.24) is 15.1 Å². The third-order valence-electron chi connectivity index (χ3n) is 4.39. The standard InChI is InChI=1S/C17H27N3O/c1-5-19(6-2)12-14(4)20-16(21)11-18-17(20)15-10-8-7-9-13(15)3/h7-10,14,17-18H,5-6,11-12H2,1-4H3. The van der Waals surface area contributed by atoms with Crippen molar-refractivity contribution >= 4 is 5.91 Å². The summed E-state index contributed by atoms with van der Waals surface area (Å²) in [7, 11) is 0. The molecule has 1 aromatic rings. The number of nitrogens with zero attached hydrogens (tertiary/aromatic N) is 2. The number of carbonyl (C=O) groups is 1. The molecule has 2 unspecified atom stereocenters. The zero-order valence-electron chi connectivity index (χ0n) is 13.6. The van der Waals surface area contributed by atoms with Crippen LogP contribution in [0.1, 0.15) is 38.1 Å². The molecule has 1 N–H and O–H groups in total. The Hall–Kier alpha value is -1.39. The molecule has 0 aromatic heterocycles. The van der Waals surface area contributed by atoms with Gasteiger partial charge in [0.1, 0.15) is 6.17 Å². The van der Waals surface area contributed by atoms with Crippen molar-refractivity contribution in [3.05, 3.63) is 35.4 Å². The molecular formula is C17H27N3O. The van der Waals surface area contributed by atoms with Gasteiger partial charge in [-0.15, -0.1) is 0 Å². The Morgan fingerprint density at radius 3 is 2.62 bits per heavy atom. The number of aryl methyl sites for hydroxylation is 1. The highest BCUT2D eigenvalue weighted by Gasteiger charge is 2.35. The minimum absolute atomic E-state index is 0.00395. The van der Waals surface area contributed by atoms with Crippen molar-refractivity contribution < 1.29 is 4.79 Å². The Morgan fingerprint density at radius 1 is 1.33 bits per heavy atom. The monoisotopic (exact) mass is 289 g/mol. The molecule has 2 atom stereocenters. The Morgan fingerprint density at radius 2 is 2.00 bits per heavy atom. The third-order valence-corrected chi connectivity index (χ3v) is 4.39. The molecule has 116 valence electrons. The second kappa shape index (κ2) is 7.05. The van der Waals surface area contributed by atoms with Gasteiger partial charge in [-0.25, -0.2) is 0 Å². The van der Waals surface area contributed by atoms with Crippen LogP contribution in [-0.2, 0) is 4.79 Å². The molecule has 0 aliphatic carbocycles. The van der Waals surface area contributed by atoms with E-state index in [1.807, 2.05) is 17.0 Å². The molecule has 1 amide bonds. The number of hydrogen-bond donors (Lipinski definition) is 1. The van der Waals surface area contributed by atoms with Crippen LogP contribution < -0.4 is 5.32 Å². The van der Waals surface area contributed by atoms with Gasteiger partial charge in [-0.3, -0.25) is 10.1 Å². The molecule has 2 rings (SSSR count). The largest absolute Gasteiger partial charge is 0.318 e. The van der Waals surface area contributed by atoms with Gasteiger partial charge in [-0.05, 0) is 38.1 Å². The van der Waals surface area contributed by atoms with Gasteiger partial charge in [-0.1, -0.05) is 38.1 Å². The van der Waals surface area contributed by atoms with Crippen molar-refractivity contribution in [2.75, 3.05) is 26.2 Å². The summed E-state index contributed by atoms with van der Waals surface area (Å²) in [5.74, 6) is 0.197. The summed E-state index contributed by atoms with van der Waals surface area (Å²) in [5, 5.41) is 3.36. The van der Waals surface area contributed by atoms with Gasteiger partial charge in [-0.2, -0.15) is 0 Å². The van der Waals surface area contributed by atoms with Gasteiger partial charge in [0.05, 0.1) is 6.54 Å². The van der Waals surface area contributed by atoms with E-state index in [0.29, 0.717) is 6.54 Å². The lowest BCUT2D eigenvalue weighted by molar-refractivity contribution is -0.130. The molecule has 1 aromatic carbocycles. The van der Waals surface area contributed by atoms with Crippen molar-refractivity contribution in [3.8, 4) is 0 Å². The molecule has 4 heteroatoms. The first-order valence-electron chi connectivity index (χ1n) is 7.90. The Labute approximate surface area is 128 Å². The molecule has 0 saturated carbocycles. The fourth-order valence-corrected chi connectivity index (χ4v) is 3.11. The molecule has 0 radical (unpaired) electrons. The van der Waals surface area contributed by atoms with E-state index in [-0.39, 0.29) is 18.1 Å². The third kappa shape index (κ3) is 3.44. The summed E-state index contributed by atoms with van der Waals surface area (Å²) in [4.78, 5) is 16.7. The van der Waals surface area contributed by atoms with E-state index in [1.54, 1.807) is 0 Å².